The highest BCUT2D eigenvalue weighted by molar-refractivity contribution is 6.42. The van der Waals surface area contributed by atoms with Crippen molar-refractivity contribution in [3.05, 3.63) is 58.1 Å². The molecule has 9 nitrogen and oxygen atoms in total. The molecule has 40 heavy (non-hydrogen) atoms. The number of benzene rings is 2. The zero-order chi connectivity index (χ0) is 30.3. The number of nitrogens with one attached hydrogen (secondary N) is 1. The number of nitriles is 1. The normalized spacial score (nSPS) is 16.8. The minimum Gasteiger partial charge on any atom is -0.406 e. The smallest absolute Gasteiger partial charge is 0.406 e. The molecule has 0 aromatic heterocycles. The first-order chi connectivity index (χ1) is 19.3. The van der Waals surface area contributed by atoms with Crippen molar-refractivity contribution in [1.29, 1.82) is 5.26 Å². The molecule has 1 aliphatic rings. The van der Waals surface area contributed by atoms with Crippen molar-refractivity contribution in [3.63, 3.8) is 0 Å². The molecule has 3 N–H and O–H groups in total. The highest BCUT2D eigenvalue weighted by atomic mass is 35.5. The molecule has 0 bridgehead atoms. The van der Waals surface area contributed by atoms with Crippen LogP contribution in [0.4, 0.5) is 18.9 Å². The molecule has 0 spiro atoms. The van der Waals surface area contributed by atoms with Crippen LogP contribution in [0.3, 0.4) is 0 Å². The molecule has 0 saturated carbocycles. The van der Waals surface area contributed by atoms with Crippen molar-refractivity contribution in [2.24, 2.45) is 21.7 Å². The molecular weight excluding hydrogens is 570 g/mol. The molecular formula is C26H28Cl2F3N7O2. The molecule has 0 saturated heterocycles. The molecule has 1 unspecified atom stereocenters. The third kappa shape index (κ3) is 8.00. The Balaban J connectivity index is 2.07. The number of hydrogen-bond acceptors (Lipinski definition) is 6. The molecule has 0 radical (unpaired) electrons. The third-order valence-electron chi connectivity index (χ3n) is 5.75. The summed E-state index contributed by atoms with van der Waals surface area (Å²) in [5.74, 6) is -0.859. The van der Waals surface area contributed by atoms with Crippen molar-refractivity contribution < 1.29 is 24.1 Å². The van der Waals surface area contributed by atoms with E-state index in [2.05, 4.69) is 20.1 Å². The molecule has 2 aromatic rings. The molecule has 1 heterocycles. The van der Waals surface area contributed by atoms with Crippen LogP contribution in [0, 0.1) is 17.4 Å². The van der Waals surface area contributed by atoms with Crippen LogP contribution >= 0.6 is 23.2 Å². The minimum atomic E-state index is -4.90. The Hall–Kier alpha value is -3.53. The molecule has 14 heteroatoms. The first-order valence-corrected chi connectivity index (χ1v) is 12.8. The highest BCUT2D eigenvalue weighted by Crippen LogP contribution is 2.29. The number of carbonyl (C=O) groups is 1. The molecule has 0 aliphatic carbocycles. The van der Waals surface area contributed by atoms with Gasteiger partial charge in [0.1, 0.15) is 5.75 Å². The lowest BCUT2D eigenvalue weighted by molar-refractivity contribution is -0.274. The lowest BCUT2D eigenvalue weighted by atomic mass is 9.99. The minimum absolute atomic E-state index is 0.0119. The van der Waals surface area contributed by atoms with Crippen LogP contribution in [0.5, 0.6) is 5.75 Å². The van der Waals surface area contributed by atoms with E-state index < -0.39 is 24.2 Å². The first kappa shape index (κ1) is 29.5. The number of likely N-dealkylation sites (N-methyl/N-ethyl adjacent to an activating group) is 1. The Bertz CT molecular complexity index is 1350. The maximum Gasteiger partial charge on any atom is 0.573 e. The summed E-state index contributed by atoms with van der Waals surface area (Å²) in [7, 11) is 0. The average Bonchev–Trinajstić information content (AvgIpc) is 3.32. The number of amides is 1. The Morgan fingerprint density at radius 3 is 2.73 bits per heavy atom. The zero-order valence-corrected chi connectivity index (χ0v) is 23.1. The Morgan fingerprint density at radius 1 is 1.35 bits per heavy atom. The standard InChI is InChI=1S/C26H28Cl2F3N7O2/c1-4-37(24(39)21(33)10-15(2)3)22-13-38(36-23(22)16-8-9-19(27)20(28)11-16)25(34-14-32)35-17-6-5-7-18(12-17)40-26(29,30)31/h5-9,11-12,15,21-22H,4,10,13,33H2,1-3H3,(H,34,35)/t21-,22?/m0/s1/i1D. The summed E-state index contributed by atoms with van der Waals surface area (Å²) in [6.07, 6.45) is -2.73. The summed E-state index contributed by atoms with van der Waals surface area (Å²) < 4.78 is 50.0. The molecule has 3 rings (SSSR count). The average molecular weight is 599 g/mol. The number of aliphatic imine (C=N–C) groups is 1. The lowest BCUT2D eigenvalue weighted by Gasteiger charge is -2.31. The van der Waals surface area contributed by atoms with Gasteiger partial charge < -0.3 is 15.4 Å². The zero-order valence-electron chi connectivity index (χ0n) is 22.6. The van der Waals surface area contributed by atoms with E-state index in [0.29, 0.717) is 22.7 Å². The number of carbonyl (C=O) groups excluding carboxylic acids is 1. The van der Waals surface area contributed by atoms with Gasteiger partial charge in [0.15, 0.2) is 6.19 Å². The van der Waals surface area contributed by atoms with E-state index in [1.54, 1.807) is 24.4 Å². The van der Waals surface area contributed by atoms with Gasteiger partial charge >= 0.3 is 6.36 Å². The van der Waals surface area contributed by atoms with Gasteiger partial charge in [-0.2, -0.15) is 10.4 Å². The number of alkyl halides is 3. The SMILES string of the molecule is [2H]CCN(C(=O)[C@@H](N)CC(C)C)C1CN(C(=Nc2cccc(OC(F)(F)F)c2)NC#N)N=C1c1ccc(Cl)c(Cl)c1. The molecule has 0 fully saturated rings. The van der Waals surface area contributed by atoms with Gasteiger partial charge in [-0.1, -0.05) is 49.2 Å². The van der Waals surface area contributed by atoms with Gasteiger partial charge in [0.05, 0.1) is 40.1 Å². The number of rotatable bonds is 8. The summed E-state index contributed by atoms with van der Waals surface area (Å²) in [5.41, 5.74) is 7.15. The number of nitrogens with zero attached hydrogens (tertiary/aromatic N) is 5. The summed E-state index contributed by atoms with van der Waals surface area (Å²) in [6, 6.07) is 8.12. The van der Waals surface area contributed by atoms with Crippen LogP contribution in [0.15, 0.2) is 52.6 Å². The topological polar surface area (TPSA) is 119 Å². The summed E-state index contributed by atoms with van der Waals surface area (Å²) in [4.78, 5) is 19.2. The van der Waals surface area contributed by atoms with Gasteiger partial charge in [-0.15, -0.1) is 13.2 Å². The van der Waals surface area contributed by atoms with Crippen LogP contribution in [-0.2, 0) is 4.79 Å². The van der Waals surface area contributed by atoms with Gasteiger partial charge in [0.25, 0.3) is 0 Å². The van der Waals surface area contributed by atoms with Crippen LogP contribution in [0.1, 0.15) is 34.1 Å². The van der Waals surface area contributed by atoms with E-state index in [4.69, 9.17) is 30.3 Å². The number of hydrazone groups is 1. The van der Waals surface area contributed by atoms with E-state index in [0.717, 1.165) is 12.1 Å². The van der Waals surface area contributed by atoms with Crippen molar-refractivity contribution in [2.75, 3.05) is 13.1 Å². The fraction of sp³-hybridized carbons (Fsp3) is 0.385. The van der Waals surface area contributed by atoms with Crippen molar-refractivity contribution in [3.8, 4) is 11.9 Å². The van der Waals surface area contributed by atoms with Crippen molar-refractivity contribution in [1.82, 2.24) is 15.2 Å². The fourth-order valence-corrected chi connectivity index (χ4v) is 4.39. The van der Waals surface area contributed by atoms with Gasteiger partial charge in [0, 0.05) is 19.5 Å². The largest absolute Gasteiger partial charge is 0.573 e. The summed E-state index contributed by atoms with van der Waals surface area (Å²) in [6.45, 7) is 3.79. The Labute approximate surface area is 241 Å². The van der Waals surface area contributed by atoms with Crippen LogP contribution in [0.25, 0.3) is 0 Å². The summed E-state index contributed by atoms with van der Waals surface area (Å²) >= 11 is 12.4. The second-order valence-corrected chi connectivity index (χ2v) is 10.0. The fourth-order valence-electron chi connectivity index (χ4n) is 4.09. The maximum absolute atomic E-state index is 13.5. The second-order valence-electron chi connectivity index (χ2n) is 9.20. The van der Waals surface area contributed by atoms with Gasteiger partial charge in [0.2, 0.25) is 11.9 Å². The number of nitrogens with two attached hydrogens (primary N) is 1. The molecule has 1 amide bonds. The number of ether oxygens (including phenoxy) is 1. The third-order valence-corrected chi connectivity index (χ3v) is 6.49. The van der Waals surface area contributed by atoms with E-state index >= 15 is 0 Å². The van der Waals surface area contributed by atoms with E-state index in [1.807, 2.05) is 13.8 Å². The summed E-state index contributed by atoms with van der Waals surface area (Å²) in [5, 5.41) is 18.3. The van der Waals surface area contributed by atoms with Gasteiger partial charge in [-0.05, 0) is 43.5 Å². The predicted octanol–water partition coefficient (Wildman–Crippen LogP) is 5.26. The van der Waals surface area contributed by atoms with Crippen LogP contribution < -0.4 is 15.8 Å². The van der Waals surface area contributed by atoms with Crippen LogP contribution in [-0.4, -0.2) is 59.0 Å². The predicted molar refractivity (Wildman–Crippen MR) is 147 cm³/mol. The maximum atomic E-state index is 13.5. The van der Waals surface area contributed by atoms with E-state index in [1.165, 1.54) is 22.0 Å². The number of halogens is 5. The Morgan fingerprint density at radius 2 is 2.10 bits per heavy atom. The molecule has 2 aromatic carbocycles. The second kappa shape index (κ2) is 13.2. The molecule has 1 aliphatic heterocycles. The monoisotopic (exact) mass is 598 g/mol. The quantitative estimate of drug-likeness (QED) is 0.185. The highest BCUT2D eigenvalue weighted by Gasteiger charge is 2.38. The van der Waals surface area contributed by atoms with Crippen molar-refractivity contribution in [2.45, 2.75) is 45.6 Å². The molecule has 214 valence electrons. The number of hydrogen-bond donors (Lipinski definition) is 2. The van der Waals surface area contributed by atoms with E-state index in [9.17, 15) is 23.2 Å². The van der Waals surface area contributed by atoms with E-state index in [-0.39, 0.29) is 48.5 Å². The van der Waals surface area contributed by atoms with Crippen molar-refractivity contribution >= 4 is 46.5 Å². The van der Waals surface area contributed by atoms with Gasteiger partial charge in [-0.25, -0.2) is 10.0 Å². The lowest BCUT2D eigenvalue weighted by Crippen LogP contribution is -2.53. The Kier molecular flexibility index (Phi) is 9.73. The molecule has 2 atom stereocenters. The first-order valence-electron chi connectivity index (χ1n) is 12.8. The number of guanidine groups is 1. The van der Waals surface area contributed by atoms with Crippen LogP contribution in [0.2, 0.25) is 10.0 Å². The van der Waals surface area contributed by atoms with Gasteiger partial charge in [-0.3, -0.25) is 10.1 Å².